The van der Waals surface area contributed by atoms with Crippen LogP contribution in [0.5, 0.6) is 0 Å². The lowest BCUT2D eigenvalue weighted by atomic mass is 9.97. The number of hydrogen-bond donors (Lipinski definition) is 1. The number of nitrogens with zero attached hydrogens (tertiary/aromatic N) is 2. The molecule has 0 saturated carbocycles. The Morgan fingerprint density at radius 2 is 1.81 bits per heavy atom. The lowest BCUT2D eigenvalue weighted by Crippen LogP contribution is -2.46. The van der Waals surface area contributed by atoms with Gasteiger partial charge in [0.1, 0.15) is 0 Å². The van der Waals surface area contributed by atoms with Crippen LogP contribution in [-0.4, -0.2) is 35.1 Å². The Morgan fingerprint density at radius 1 is 1.04 bits per heavy atom. The van der Waals surface area contributed by atoms with Gasteiger partial charge in [-0.25, -0.2) is 4.68 Å². The Hall–Kier alpha value is -1.98. The maximum atomic E-state index is 12.7. The first-order valence-corrected chi connectivity index (χ1v) is 9.80. The van der Waals surface area contributed by atoms with E-state index in [2.05, 4.69) is 29.6 Å². The van der Waals surface area contributed by atoms with Crippen molar-refractivity contribution < 1.29 is 4.74 Å². The average Bonchev–Trinajstić information content (AvgIpc) is 3.27. The molecule has 5 rings (SSSR count). The molecule has 0 spiro atoms. The summed E-state index contributed by atoms with van der Waals surface area (Å²) in [7, 11) is 0. The topological polar surface area (TPSA) is 56.2 Å². The Labute approximate surface area is 153 Å². The quantitative estimate of drug-likeness (QED) is 0.916. The number of hydrogen-bond acceptors (Lipinski definition) is 4. The zero-order valence-corrected chi connectivity index (χ0v) is 15.0. The van der Waals surface area contributed by atoms with Gasteiger partial charge in [-0.05, 0) is 55.2 Å². The summed E-state index contributed by atoms with van der Waals surface area (Å²) in [5, 5.41) is 8.50. The van der Waals surface area contributed by atoms with E-state index in [1.54, 1.807) is 4.68 Å². The maximum Gasteiger partial charge on any atom is 0.267 e. The fraction of sp³-hybridized carbons (Fsp3) is 0.524. The van der Waals surface area contributed by atoms with Crippen molar-refractivity contribution in [3.8, 4) is 0 Å². The molecule has 0 amide bonds. The zero-order chi connectivity index (χ0) is 17.5. The fourth-order valence-corrected chi connectivity index (χ4v) is 4.74. The number of fused-ring (bicyclic) bond motifs is 2. The summed E-state index contributed by atoms with van der Waals surface area (Å²) < 4.78 is 7.44. The van der Waals surface area contributed by atoms with Crippen LogP contribution in [0.2, 0.25) is 0 Å². The van der Waals surface area contributed by atoms with Crippen molar-refractivity contribution >= 4 is 0 Å². The van der Waals surface area contributed by atoms with E-state index in [1.165, 1.54) is 17.5 Å². The van der Waals surface area contributed by atoms with E-state index in [-0.39, 0.29) is 17.6 Å². The SMILES string of the molecule is O=c1cc2c(nn1C1COCC1NC1Cc3ccccc3C1)CCCC2. The van der Waals surface area contributed by atoms with Gasteiger partial charge in [0, 0.05) is 12.1 Å². The Kier molecular flexibility index (Phi) is 4.14. The van der Waals surface area contributed by atoms with Crippen molar-refractivity contribution in [1.29, 1.82) is 0 Å². The first-order valence-electron chi connectivity index (χ1n) is 9.80. The first kappa shape index (κ1) is 16.2. The molecule has 2 heterocycles. The van der Waals surface area contributed by atoms with E-state index in [0.717, 1.165) is 43.4 Å². The Morgan fingerprint density at radius 3 is 2.62 bits per heavy atom. The van der Waals surface area contributed by atoms with Crippen molar-refractivity contribution in [2.24, 2.45) is 0 Å². The lowest BCUT2D eigenvalue weighted by Gasteiger charge is -2.25. The molecule has 5 nitrogen and oxygen atoms in total. The van der Waals surface area contributed by atoms with Crippen LogP contribution >= 0.6 is 0 Å². The molecule has 2 aliphatic carbocycles. The molecule has 1 aromatic carbocycles. The maximum absolute atomic E-state index is 12.7. The normalized spacial score (nSPS) is 25.2. The van der Waals surface area contributed by atoms with Gasteiger partial charge in [-0.2, -0.15) is 5.10 Å². The van der Waals surface area contributed by atoms with Crippen LogP contribution in [0.4, 0.5) is 0 Å². The van der Waals surface area contributed by atoms with Gasteiger partial charge < -0.3 is 10.1 Å². The highest BCUT2D eigenvalue weighted by Gasteiger charge is 2.34. The van der Waals surface area contributed by atoms with Gasteiger partial charge in [-0.15, -0.1) is 0 Å². The van der Waals surface area contributed by atoms with Gasteiger partial charge in [-0.3, -0.25) is 4.79 Å². The molecule has 0 radical (unpaired) electrons. The van der Waals surface area contributed by atoms with Crippen LogP contribution < -0.4 is 10.9 Å². The molecular weight excluding hydrogens is 326 g/mol. The smallest absolute Gasteiger partial charge is 0.267 e. The molecular formula is C21H25N3O2. The van der Waals surface area contributed by atoms with Gasteiger partial charge in [0.2, 0.25) is 0 Å². The molecule has 136 valence electrons. The molecule has 2 aromatic rings. The summed E-state index contributed by atoms with van der Waals surface area (Å²) in [6, 6.07) is 11.0. The molecule has 1 fully saturated rings. The highest BCUT2D eigenvalue weighted by molar-refractivity contribution is 5.33. The summed E-state index contributed by atoms with van der Waals surface area (Å²) in [6.45, 7) is 1.20. The second-order valence-corrected chi connectivity index (χ2v) is 7.86. The Bertz CT molecular complexity index is 851. The average molecular weight is 351 g/mol. The zero-order valence-electron chi connectivity index (χ0n) is 15.0. The number of nitrogens with one attached hydrogen (secondary N) is 1. The molecule has 2 unspecified atom stereocenters. The predicted octanol–water partition coefficient (Wildman–Crippen LogP) is 1.82. The summed E-state index contributed by atoms with van der Waals surface area (Å²) in [5.41, 5.74) is 5.14. The largest absolute Gasteiger partial charge is 0.377 e. The van der Waals surface area contributed by atoms with Gasteiger partial charge >= 0.3 is 0 Å². The van der Waals surface area contributed by atoms with Gasteiger partial charge in [0.15, 0.2) is 0 Å². The van der Waals surface area contributed by atoms with E-state index in [0.29, 0.717) is 19.3 Å². The van der Waals surface area contributed by atoms with E-state index < -0.39 is 0 Å². The summed E-state index contributed by atoms with van der Waals surface area (Å²) in [4.78, 5) is 12.7. The van der Waals surface area contributed by atoms with Gasteiger partial charge in [0.05, 0.1) is 31.0 Å². The third kappa shape index (κ3) is 2.89. The second-order valence-electron chi connectivity index (χ2n) is 7.86. The number of ether oxygens (including phenoxy) is 1. The molecule has 3 aliphatic rings. The number of benzene rings is 1. The van der Waals surface area contributed by atoms with Crippen molar-refractivity contribution in [1.82, 2.24) is 15.1 Å². The summed E-state index contributed by atoms with van der Waals surface area (Å²) in [5.74, 6) is 0. The highest BCUT2D eigenvalue weighted by atomic mass is 16.5. The molecule has 1 aromatic heterocycles. The lowest BCUT2D eigenvalue weighted by molar-refractivity contribution is 0.180. The molecule has 5 heteroatoms. The minimum atomic E-state index is -0.0153. The van der Waals surface area contributed by atoms with Crippen LogP contribution in [0, 0.1) is 0 Å². The van der Waals surface area contributed by atoms with Crippen LogP contribution in [0.15, 0.2) is 35.1 Å². The molecule has 26 heavy (non-hydrogen) atoms. The fourth-order valence-electron chi connectivity index (χ4n) is 4.74. The molecule has 1 saturated heterocycles. The standard InChI is InChI=1S/C21H25N3O2/c25-21-11-16-7-3-4-8-18(16)23-24(21)20-13-26-12-19(20)22-17-9-14-5-1-2-6-15(14)10-17/h1-2,5-6,11,17,19-20,22H,3-4,7-10,12-13H2. The first-order chi connectivity index (χ1) is 12.8. The monoisotopic (exact) mass is 351 g/mol. The minimum Gasteiger partial charge on any atom is -0.377 e. The molecule has 1 aliphatic heterocycles. The third-order valence-corrected chi connectivity index (χ3v) is 6.10. The number of aryl methyl sites for hydroxylation is 2. The summed E-state index contributed by atoms with van der Waals surface area (Å²) >= 11 is 0. The van der Waals surface area contributed by atoms with Crippen LogP contribution in [0.25, 0.3) is 0 Å². The van der Waals surface area contributed by atoms with Crippen molar-refractivity contribution in [3.63, 3.8) is 0 Å². The number of aromatic nitrogens is 2. The summed E-state index contributed by atoms with van der Waals surface area (Å²) in [6.07, 6.45) is 6.40. The van der Waals surface area contributed by atoms with Gasteiger partial charge in [0.25, 0.3) is 5.56 Å². The third-order valence-electron chi connectivity index (χ3n) is 6.10. The second kappa shape index (κ2) is 6.63. The molecule has 1 N–H and O–H groups in total. The van der Waals surface area contributed by atoms with Crippen molar-refractivity contribution in [2.45, 2.75) is 56.7 Å². The van der Waals surface area contributed by atoms with E-state index >= 15 is 0 Å². The van der Waals surface area contributed by atoms with Crippen LogP contribution in [0.1, 0.15) is 41.3 Å². The minimum absolute atomic E-state index is 0.0153. The molecule has 2 atom stereocenters. The van der Waals surface area contributed by atoms with E-state index in [9.17, 15) is 4.79 Å². The van der Waals surface area contributed by atoms with Crippen LogP contribution in [0.3, 0.4) is 0 Å². The van der Waals surface area contributed by atoms with Gasteiger partial charge in [-0.1, -0.05) is 24.3 Å². The predicted molar refractivity (Wildman–Crippen MR) is 99.6 cm³/mol. The van der Waals surface area contributed by atoms with E-state index in [4.69, 9.17) is 9.84 Å². The number of rotatable bonds is 3. The van der Waals surface area contributed by atoms with Crippen LogP contribution in [-0.2, 0) is 30.4 Å². The van der Waals surface area contributed by atoms with Crippen molar-refractivity contribution in [2.75, 3.05) is 13.2 Å². The van der Waals surface area contributed by atoms with E-state index in [1.807, 2.05) is 6.07 Å². The highest BCUT2D eigenvalue weighted by Crippen LogP contribution is 2.25. The Balaban J connectivity index is 1.36. The molecule has 0 bridgehead atoms. The van der Waals surface area contributed by atoms with Crippen molar-refractivity contribution in [3.05, 3.63) is 63.1 Å².